The summed E-state index contributed by atoms with van der Waals surface area (Å²) in [5.41, 5.74) is 5.47. The van der Waals surface area contributed by atoms with Crippen molar-refractivity contribution in [3.05, 3.63) is 108 Å². The Balaban J connectivity index is 0.000000294. The summed E-state index contributed by atoms with van der Waals surface area (Å²) < 4.78 is 11.9. The first-order valence-electron chi connectivity index (χ1n) is 15.6. The molecule has 0 amide bonds. The summed E-state index contributed by atoms with van der Waals surface area (Å²) >= 11 is 0. The molecule has 5 heteroatoms. The summed E-state index contributed by atoms with van der Waals surface area (Å²) in [6, 6.07) is 30.5. The van der Waals surface area contributed by atoms with E-state index in [-0.39, 0.29) is 61.8 Å². The molecule has 0 aliphatic heterocycles. The van der Waals surface area contributed by atoms with Crippen molar-refractivity contribution in [3.8, 4) is 22.6 Å². The van der Waals surface area contributed by atoms with Gasteiger partial charge < -0.3 is 33.6 Å². The number of benzene rings is 2. The van der Waals surface area contributed by atoms with E-state index < -0.39 is 0 Å². The van der Waals surface area contributed by atoms with Crippen molar-refractivity contribution in [1.29, 1.82) is 0 Å². The van der Waals surface area contributed by atoms with Gasteiger partial charge in [-0.1, -0.05) is 102 Å². The van der Waals surface area contributed by atoms with Crippen molar-refractivity contribution in [1.82, 2.24) is 0 Å². The van der Waals surface area contributed by atoms with Gasteiger partial charge >= 0.3 is 26.2 Å². The Morgan fingerprint density at radius 2 is 0.933 bits per heavy atom. The van der Waals surface area contributed by atoms with Crippen LogP contribution in [0.1, 0.15) is 90.9 Å². The second-order valence-corrected chi connectivity index (χ2v) is 13.6. The van der Waals surface area contributed by atoms with Gasteiger partial charge in [-0.3, -0.25) is 0 Å². The first-order chi connectivity index (χ1) is 20.0. The van der Waals surface area contributed by atoms with Crippen LogP contribution in [0.15, 0.2) is 93.8 Å². The van der Waals surface area contributed by atoms with Crippen LogP contribution >= 0.6 is 0 Å². The Hall–Kier alpha value is -2.32. The second-order valence-electron chi connectivity index (χ2n) is 13.6. The molecule has 6 rings (SSSR count). The SMILES string of the molecule is CCCc1ccc(-c2cc3c(C(C)(C)C)cccc3[cH-]2)o1.CCCc1ccc(-c2cc3c(C(C)(C)C)cccc3[cH-]2)o1.[Cl-].[Cl-].[Zr+4]. The van der Waals surface area contributed by atoms with Crippen LogP contribution in [0.3, 0.4) is 0 Å². The van der Waals surface area contributed by atoms with E-state index in [1.807, 2.05) is 0 Å². The zero-order valence-corrected chi connectivity index (χ0v) is 32.0. The van der Waals surface area contributed by atoms with Crippen molar-refractivity contribution < 1.29 is 59.9 Å². The molecule has 0 atom stereocenters. The normalized spacial score (nSPS) is 11.4. The Morgan fingerprint density at radius 3 is 1.27 bits per heavy atom. The Bertz CT molecular complexity index is 1650. The fourth-order valence-corrected chi connectivity index (χ4v) is 5.89. The third kappa shape index (κ3) is 8.94. The number of furan rings is 2. The molecule has 2 aromatic heterocycles. The van der Waals surface area contributed by atoms with E-state index in [4.69, 9.17) is 8.83 Å². The summed E-state index contributed by atoms with van der Waals surface area (Å²) in [7, 11) is 0. The van der Waals surface area contributed by atoms with E-state index in [9.17, 15) is 0 Å². The van der Waals surface area contributed by atoms with Crippen molar-refractivity contribution >= 4 is 21.5 Å². The molecule has 0 spiro atoms. The molecule has 2 nitrogen and oxygen atoms in total. The van der Waals surface area contributed by atoms with Crippen molar-refractivity contribution in [2.24, 2.45) is 0 Å². The average Bonchev–Trinajstić information content (AvgIpc) is 3.73. The van der Waals surface area contributed by atoms with Gasteiger partial charge in [0.25, 0.3) is 0 Å². The molecule has 2 heterocycles. The van der Waals surface area contributed by atoms with Crippen molar-refractivity contribution in [3.63, 3.8) is 0 Å². The minimum atomic E-state index is 0. The third-order valence-corrected chi connectivity index (χ3v) is 8.00. The van der Waals surface area contributed by atoms with Gasteiger partial charge in [-0.05, 0) is 47.9 Å². The summed E-state index contributed by atoms with van der Waals surface area (Å²) in [6.07, 6.45) is 4.25. The number of halogens is 2. The molecule has 0 unspecified atom stereocenters. The molecule has 45 heavy (non-hydrogen) atoms. The first-order valence-corrected chi connectivity index (χ1v) is 15.6. The minimum Gasteiger partial charge on any atom is -1.00 e. The van der Waals surface area contributed by atoms with E-state index in [2.05, 4.69) is 140 Å². The van der Waals surface area contributed by atoms with Crippen LogP contribution in [0.5, 0.6) is 0 Å². The van der Waals surface area contributed by atoms with Gasteiger partial charge in [-0.25, -0.2) is 0 Å². The zero-order valence-electron chi connectivity index (χ0n) is 28.0. The summed E-state index contributed by atoms with van der Waals surface area (Å²) in [5, 5.41) is 5.28. The van der Waals surface area contributed by atoms with Crippen molar-refractivity contribution in [2.45, 2.75) is 91.9 Å². The number of aryl methyl sites for hydroxylation is 2. The van der Waals surface area contributed by atoms with Gasteiger partial charge in [-0.2, -0.15) is 0 Å². The monoisotopic (exact) mass is 718 g/mol. The number of rotatable bonds is 6. The molecule has 0 bridgehead atoms. The Labute approximate surface area is 301 Å². The van der Waals surface area contributed by atoms with Crippen molar-refractivity contribution in [2.75, 3.05) is 0 Å². The van der Waals surface area contributed by atoms with E-state index in [1.165, 1.54) is 43.8 Å². The van der Waals surface area contributed by atoms with Gasteiger partial charge in [-0.15, -0.1) is 57.9 Å². The largest absolute Gasteiger partial charge is 4.00 e. The van der Waals surface area contributed by atoms with Crippen LogP contribution in [-0.2, 0) is 49.9 Å². The number of hydrogen-bond donors (Lipinski definition) is 0. The number of fused-ring (bicyclic) bond motifs is 2. The summed E-state index contributed by atoms with van der Waals surface area (Å²) in [4.78, 5) is 0. The average molecular weight is 721 g/mol. The molecule has 0 aliphatic rings. The van der Waals surface area contributed by atoms with Crippen LogP contribution in [0.25, 0.3) is 44.2 Å². The molecular weight excluding hydrogens is 675 g/mol. The Morgan fingerprint density at radius 1 is 0.556 bits per heavy atom. The van der Waals surface area contributed by atoms with Gasteiger partial charge in [0.15, 0.2) is 0 Å². The molecule has 6 aromatic rings. The first kappa shape index (κ1) is 38.9. The summed E-state index contributed by atoms with van der Waals surface area (Å²) in [5.74, 6) is 4.12. The standard InChI is InChI=1S/2C20H23O.2ClH.Zr/c2*1-5-7-16-10-11-19(21-16)15-12-14-8-6-9-18(17(14)13-15)20(2,3)4;;;/h2*6,8-13H,5,7H2,1-4H3;2*1H;/q2*-1;;;+4/p-2. The zero-order chi connectivity index (χ0) is 30.1. The molecule has 4 aromatic carbocycles. The molecule has 236 valence electrons. The summed E-state index contributed by atoms with van der Waals surface area (Å²) in [6.45, 7) is 17.9. The van der Waals surface area contributed by atoms with Gasteiger partial charge in [0.2, 0.25) is 0 Å². The molecule has 0 saturated heterocycles. The predicted octanol–water partition coefficient (Wildman–Crippen LogP) is 6.14. The molecule has 0 N–H and O–H groups in total. The van der Waals surface area contributed by atoms with Gasteiger partial charge in [0.05, 0.1) is 23.0 Å². The third-order valence-electron chi connectivity index (χ3n) is 8.00. The molecule has 0 fully saturated rings. The van der Waals surface area contributed by atoms with Crippen LogP contribution in [-0.4, -0.2) is 0 Å². The fourth-order valence-electron chi connectivity index (χ4n) is 5.89. The smallest absolute Gasteiger partial charge is 1.00 e. The maximum absolute atomic E-state index is 5.97. The van der Waals surface area contributed by atoms with Gasteiger partial charge in [0.1, 0.15) is 0 Å². The maximum Gasteiger partial charge on any atom is 4.00 e. The fraction of sp³-hybridized carbons (Fsp3) is 0.350. The predicted molar refractivity (Wildman–Crippen MR) is 180 cm³/mol. The van der Waals surface area contributed by atoms with E-state index >= 15 is 0 Å². The molecule has 0 saturated carbocycles. The second kappa shape index (κ2) is 16.0. The number of hydrogen-bond acceptors (Lipinski definition) is 2. The molecular formula is C40H46Cl2O2Zr. The van der Waals surface area contributed by atoms with E-state index in [0.29, 0.717) is 0 Å². The molecule has 0 aliphatic carbocycles. The topological polar surface area (TPSA) is 26.3 Å². The van der Waals surface area contributed by atoms with Crippen LogP contribution in [0.2, 0.25) is 0 Å². The van der Waals surface area contributed by atoms with Crippen LogP contribution in [0, 0.1) is 0 Å². The van der Waals surface area contributed by atoms with Gasteiger partial charge in [0, 0.05) is 12.8 Å². The van der Waals surface area contributed by atoms with Crippen LogP contribution < -0.4 is 24.8 Å². The molecule has 0 radical (unpaired) electrons. The minimum absolute atomic E-state index is 0. The van der Waals surface area contributed by atoms with Crippen LogP contribution in [0.4, 0.5) is 0 Å². The quantitative estimate of drug-likeness (QED) is 0.194. The van der Waals surface area contributed by atoms with E-state index in [1.54, 1.807) is 0 Å². The Kier molecular flexibility index (Phi) is 13.8. The maximum atomic E-state index is 5.97. The van der Waals surface area contributed by atoms with E-state index in [0.717, 1.165) is 48.7 Å².